The molecule has 0 saturated carbocycles. The van der Waals surface area contributed by atoms with Crippen molar-refractivity contribution in [3.8, 4) is 0 Å². The number of aryl methyl sites for hydroxylation is 1. The van der Waals surface area contributed by atoms with Crippen LogP contribution in [0.4, 0.5) is 0 Å². The van der Waals surface area contributed by atoms with Gasteiger partial charge in [0.2, 0.25) is 0 Å². The Morgan fingerprint density at radius 1 is 1.11 bits per heavy atom. The monoisotopic (exact) mass is 252 g/mol. The van der Waals surface area contributed by atoms with Crippen LogP contribution in [0.1, 0.15) is 6.92 Å². The van der Waals surface area contributed by atoms with Gasteiger partial charge >= 0.3 is 0 Å². The quantitative estimate of drug-likeness (QED) is 0.490. The summed E-state index contributed by atoms with van der Waals surface area (Å²) in [5.74, 6) is 0. The second kappa shape index (κ2) is 3.56. The Kier molecular flexibility index (Phi) is 2.00. The normalized spacial score (nSPS) is 11.8. The summed E-state index contributed by atoms with van der Waals surface area (Å²) in [6, 6.07) is 13.0. The molecule has 0 N–H and O–H groups in total. The maximum Gasteiger partial charge on any atom is 0.0819 e. The van der Waals surface area contributed by atoms with Crippen LogP contribution in [0.3, 0.4) is 0 Å². The summed E-state index contributed by atoms with van der Waals surface area (Å²) in [4.78, 5) is 4.42. The molecule has 2 aromatic heterocycles. The summed E-state index contributed by atoms with van der Waals surface area (Å²) in [7, 11) is 0. The highest BCUT2D eigenvalue weighted by Gasteiger charge is 2.12. The average molecular weight is 252 g/mol. The van der Waals surface area contributed by atoms with Crippen LogP contribution in [-0.4, -0.2) is 9.55 Å². The van der Waals surface area contributed by atoms with E-state index in [1.54, 1.807) is 11.3 Å². The van der Waals surface area contributed by atoms with Gasteiger partial charge in [-0.25, -0.2) is 4.98 Å². The first-order valence-electron chi connectivity index (χ1n) is 6.13. The zero-order valence-corrected chi connectivity index (χ0v) is 10.9. The highest BCUT2D eigenvalue weighted by molar-refractivity contribution is 7.17. The molecule has 0 saturated heterocycles. The second-order valence-electron chi connectivity index (χ2n) is 4.42. The van der Waals surface area contributed by atoms with Crippen LogP contribution in [0.5, 0.6) is 0 Å². The predicted molar refractivity (Wildman–Crippen MR) is 78.3 cm³/mol. The number of aromatic nitrogens is 2. The van der Waals surface area contributed by atoms with E-state index in [1.807, 2.05) is 5.51 Å². The number of para-hydroxylation sites is 1. The molecule has 0 aliphatic rings. The van der Waals surface area contributed by atoms with E-state index in [1.165, 1.54) is 26.5 Å². The fourth-order valence-electron chi connectivity index (χ4n) is 2.79. The first kappa shape index (κ1) is 10.1. The van der Waals surface area contributed by atoms with Gasteiger partial charge in [-0.1, -0.05) is 18.2 Å². The summed E-state index contributed by atoms with van der Waals surface area (Å²) >= 11 is 1.73. The molecule has 0 unspecified atom stereocenters. The minimum Gasteiger partial charge on any atom is -0.341 e. The Morgan fingerprint density at radius 2 is 2.00 bits per heavy atom. The van der Waals surface area contributed by atoms with Crippen LogP contribution < -0.4 is 0 Å². The van der Waals surface area contributed by atoms with Crippen molar-refractivity contribution >= 4 is 43.4 Å². The van der Waals surface area contributed by atoms with Crippen molar-refractivity contribution in [2.75, 3.05) is 0 Å². The van der Waals surface area contributed by atoms with Gasteiger partial charge in [0.05, 0.1) is 21.2 Å². The van der Waals surface area contributed by atoms with Crippen molar-refractivity contribution in [3.05, 3.63) is 41.9 Å². The standard InChI is InChI=1S/C15H12N2S/c1-2-17-12-6-4-3-5-10(12)14-13(17)8-7-11-15(14)18-9-16-11/h3-9H,2H2,1H3. The molecule has 0 spiro atoms. The predicted octanol–water partition coefficient (Wildman–Crippen LogP) is 4.42. The lowest BCUT2D eigenvalue weighted by molar-refractivity contribution is 0.827. The van der Waals surface area contributed by atoms with Gasteiger partial charge in [-0.15, -0.1) is 11.3 Å². The SMILES string of the molecule is CCn1c2ccccc2c2c3scnc3ccc21. The van der Waals surface area contributed by atoms with E-state index in [-0.39, 0.29) is 0 Å². The third-order valence-electron chi connectivity index (χ3n) is 3.55. The molecule has 0 radical (unpaired) electrons. The fourth-order valence-corrected chi connectivity index (χ4v) is 3.64. The molecular weight excluding hydrogens is 240 g/mol. The largest absolute Gasteiger partial charge is 0.341 e. The average Bonchev–Trinajstić information content (AvgIpc) is 2.99. The van der Waals surface area contributed by atoms with Gasteiger partial charge in [0, 0.05) is 22.8 Å². The Balaban J connectivity index is 2.39. The summed E-state index contributed by atoms with van der Waals surface area (Å²) in [5, 5.41) is 2.69. The fraction of sp³-hybridized carbons (Fsp3) is 0.133. The molecule has 2 nitrogen and oxygen atoms in total. The number of rotatable bonds is 1. The number of fused-ring (bicyclic) bond motifs is 5. The summed E-state index contributed by atoms with van der Waals surface area (Å²) in [5.41, 5.74) is 5.67. The van der Waals surface area contributed by atoms with E-state index in [0.29, 0.717) is 0 Å². The van der Waals surface area contributed by atoms with E-state index in [0.717, 1.165) is 12.1 Å². The molecule has 0 aliphatic carbocycles. The lowest BCUT2D eigenvalue weighted by Gasteiger charge is -2.02. The number of nitrogens with zero attached hydrogens (tertiary/aromatic N) is 2. The highest BCUT2D eigenvalue weighted by atomic mass is 32.1. The molecule has 3 heteroatoms. The van der Waals surface area contributed by atoms with Crippen molar-refractivity contribution in [2.45, 2.75) is 13.5 Å². The van der Waals surface area contributed by atoms with E-state index >= 15 is 0 Å². The van der Waals surface area contributed by atoms with Crippen molar-refractivity contribution in [1.82, 2.24) is 9.55 Å². The molecule has 4 rings (SSSR count). The van der Waals surface area contributed by atoms with Gasteiger partial charge in [0.1, 0.15) is 0 Å². The number of benzene rings is 2. The summed E-state index contributed by atoms with van der Waals surface area (Å²) < 4.78 is 3.68. The number of thiazole rings is 1. The van der Waals surface area contributed by atoms with Crippen molar-refractivity contribution < 1.29 is 0 Å². The van der Waals surface area contributed by atoms with Crippen molar-refractivity contribution in [2.24, 2.45) is 0 Å². The van der Waals surface area contributed by atoms with Gasteiger partial charge in [-0.2, -0.15) is 0 Å². The Hall–Kier alpha value is -1.87. The smallest absolute Gasteiger partial charge is 0.0819 e. The van der Waals surface area contributed by atoms with Crippen molar-refractivity contribution in [1.29, 1.82) is 0 Å². The van der Waals surface area contributed by atoms with E-state index in [9.17, 15) is 0 Å². The van der Waals surface area contributed by atoms with Gasteiger partial charge in [-0.3, -0.25) is 0 Å². The van der Waals surface area contributed by atoms with Gasteiger partial charge in [0.25, 0.3) is 0 Å². The molecule has 0 amide bonds. The van der Waals surface area contributed by atoms with Crippen LogP contribution >= 0.6 is 11.3 Å². The first-order valence-corrected chi connectivity index (χ1v) is 7.01. The topological polar surface area (TPSA) is 17.8 Å². The molecule has 88 valence electrons. The second-order valence-corrected chi connectivity index (χ2v) is 5.28. The minimum atomic E-state index is 0.994. The summed E-state index contributed by atoms with van der Waals surface area (Å²) in [6.07, 6.45) is 0. The molecule has 2 heterocycles. The van der Waals surface area contributed by atoms with Crippen LogP contribution in [0.25, 0.3) is 32.0 Å². The van der Waals surface area contributed by atoms with Crippen LogP contribution in [0.2, 0.25) is 0 Å². The molecule has 18 heavy (non-hydrogen) atoms. The maximum atomic E-state index is 4.42. The Morgan fingerprint density at radius 3 is 2.89 bits per heavy atom. The van der Waals surface area contributed by atoms with E-state index in [2.05, 4.69) is 52.9 Å². The molecule has 0 aliphatic heterocycles. The molecule has 0 atom stereocenters. The molecule has 0 bridgehead atoms. The molecular formula is C15H12N2S. The molecule has 4 aromatic rings. The number of hydrogen-bond acceptors (Lipinski definition) is 2. The molecule has 2 aromatic carbocycles. The van der Waals surface area contributed by atoms with Gasteiger partial charge in [-0.05, 0) is 25.1 Å². The summed E-state index contributed by atoms with van der Waals surface area (Å²) in [6.45, 7) is 3.19. The van der Waals surface area contributed by atoms with Crippen LogP contribution in [0.15, 0.2) is 41.9 Å². The van der Waals surface area contributed by atoms with Crippen molar-refractivity contribution in [3.63, 3.8) is 0 Å². The zero-order chi connectivity index (χ0) is 12.1. The van der Waals surface area contributed by atoms with E-state index in [4.69, 9.17) is 0 Å². The number of hydrogen-bond donors (Lipinski definition) is 0. The minimum absolute atomic E-state index is 0.994. The third kappa shape index (κ3) is 1.14. The van der Waals surface area contributed by atoms with Crippen LogP contribution in [-0.2, 0) is 6.54 Å². The zero-order valence-electron chi connectivity index (χ0n) is 10.1. The Bertz CT molecular complexity index is 870. The first-order chi connectivity index (χ1) is 8.90. The van der Waals surface area contributed by atoms with E-state index < -0.39 is 0 Å². The third-order valence-corrected chi connectivity index (χ3v) is 4.41. The van der Waals surface area contributed by atoms with Crippen LogP contribution in [0, 0.1) is 0 Å². The van der Waals surface area contributed by atoms with Gasteiger partial charge < -0.3 is 4.57 Å². The maximum absolute atomic E-state index is 4.42. The van der Waals surface area contributed by atoms with Gasteiger partial charge in [0.15, 0.2) is 0 Å². The lowest BCUT2D eigenvalue weighted by atomic mass is 10.1. The lowest BCUT2D eigenvalue weighted by Crippen LogP contribution is -1.92. The Labute approximate surface area is 108 Å². The molecule has 0 fully saturated rings. The highest BCUT2D eigenvalue weighted by Crippen LogP contribution is 2.35.